The molecule has 1 fully saturated rings. The van der Waals surface area contributed by atoms with Gasteiger partial charge in [-0.1, -0.05) is 6.92 Å². The molecular formula is C14H21N3O3. The van der Waals surface area contributed by atoms with Gasteiger partial charge in [-0.2, -0.15) is 0 Å². The summed E-state index contributed by atoms with van der Waals surface area (Å²) in [6.45, 7) is 5.33. The molecule has 6 nitrogen and oxygen atoms in total. The molecule has 1 N–H and O–H groups in total. The fourth-order valence-corrected chi connectivity index (χ4v) is 2.24. The summed E-state index contributed by atoms with van der Waals surface area (Å²) < 4.78 is 10.5. The van der Waals surface area contributed by atoms with Gasteiger partial charge in [0.15, 0.2) is 0 Å². The quantitative estimate of drug-likeness (QED) is 0.846. The number of morpholine rings is 1. The van der Waals surface area contributed by atoms with Crippen LogP contribution in [0.3, 0.4) is 0 Å². The molecule has 2 heterocycles. The number of carbonyl (C=O) groups is 1. The Balaban J connectivity index is 1.90. The molecule has 2 rings (SSSR count). The molecule has 20 heavy (non-hydrogen) atoms. The van der Waals surface area contributed by atoms with Crippen molar-refractivity contribution in [3.05, 3.63) is 23.9 Å². The highest BCUT2D eigenvalue weighted by Crippen LogP contribution is 2.10. The molecule has 0 aliphatic carbocycles. The summed E-state index contributed by atoms with van der Waals surface area (Å²) in [6, 6.07) is 3.48. The lowest BCUT2D eigenvalue weighted by Gasteiger charge is -2.33. The second-order valence-corrected chi connectivity index (χ2v) is 4.64. The maximum absolute atomic E-state index is 12.2. The van der Waals surface area contributed by atoms with Gasteiger partial charge in [-0.3, -0.25) is 9.69 Å². The zero-order valence-electron chi connectivity index (χ0n) is 12.0. The van der Waals surface area contributed by atoms with E-state index >= 15 is 0 Å². The van der Waals surface area contributed by atoms with Crippen molar-refractivity contribution in [1.29, 1.82) is 0 Å². The van der Waals surface area contributed by atoms with Crippen molar-refractivity contribution in [2.45, 2.75) is 19.5 Å². The molecule has 1 aromatic rings. The molecule has 0 saturated carbocycles. The van der Waals surface area contributed by atoms with E-state index in [1.165, 1.54) is 0 Å². The Morgan fingerprint density at radius 1 is 1.65 bits per heavy atom. The molecule has 110 valence electrons. The molecular weight excluding hydrogens is 258 g/mol. The number of amides is 1. The molecule has 1 aromatic heterocycles. The van der Waals surface area contributed by atoms with E-state index in [0.29, 0.717) is 25.6 Å². The number of rotatable bonds is 5. The fourth-order valence-electron chi connectivity index (χ4n) is 2.24. The Hall–Kier alpha value is -1.66. The van der Waals surface area contributed by atoms with Crippen molar-refractivity contribution in [3.63, 3.8) is 0 Å². The summed E-state index contributed by atoms with van der Waals surface area (Å²) in [5.74, 6) is 0.551. The number of carbonyl (C=O) groups excluding carboxylic acids is 1. The summed E-state index contributed by atoms with van der Waals surface area (Å²) in [5, 5.41) is 2.94. The van der Waals surface area contributed by atoms with Gasteiger partial charge >= 0.3 is 0 Å². The number of likely N-dealkylation sites (N-methyl/N-ethyl adjacent to an activating group) is 1. The van der Waals surface area contributed by atoms with Gasteiger partial charge < -0.3 is 14.8 Å². The smallest absolute Gasteiger partial charge is 0.240 e. The summed E-state index contributed by atoms with van der Waals surface area (Å²) in [5.41, 5.74) is 0.963. The lowest BCUT2D eigenvalue weighted by atomic mass is 10.2. The van der Waals surface area contributed by atoms with Crippen LogP contribution in [0.2, 0.25) is 0 Å². The third-order valence-electron chi connectivity index (χ3n) is 3.42. The first-order valence-corrected chi connectivity index (χ1v) is 6.83. The van der Waals surface area contributed by atoms with Crippen LogP contribution in [0.15, 0.2) is 18.3 Å². The molecule has 1 amide bonds. The average Bonchev–Trinajstić information content (AvgIpc) is 2.52. The minimum atomic E-state index is -0.197. The van der Waals surface area contributed by atoms with Crippen LogP contribution in [0.4, 0.5) is 0 Å². The van der Waals surface area contributed by atoms with E-state index in [0.717, 1.165) is 18.7 Å². The van der Waals surface area contributed by atoms with Crippen LogP contribution in [0, 0.1) is 0 Å². The fraction of sp³-hybridized carbons (Fsp3) is 0.571. The van der Waals surface area contributed by atoms with Crippen LogP contribution >= 0.6 is 0 Å². The van der Waals surface area contributed by atoms with Crippen LogP contribution in [0.1, 0.15) is 12.5 Å². The SMILES string of the molecule is CCN1CCOCC1C(=O)NCc1ccnc(OC)c1. The van der Waals surface area contributed by atoms with E-state index < -0.39 is 0 Å². The first-order valence-electron chi connectivity index (χ1n) is 6.83. The summed E-state index contributed by atoms with van der Waals surface area (Å²) >= 11 is 0. The van der Waals surface area contributed by atoms with E-state index in [4.69, 9.17) is 9.47 Å². The van der Waals surface area contributed by atoms with Crippen LogP contribution in [-0.2, 0) is 16.1 Å². The van der Waals surface area contributed by atoms with E-state index in [1.54, 1.807) is 13.3 Å². The molecule has 1 atom stereocenters. The van der Waals surface area contributed by atoms with Crippen LogP contribution in [0.5, 0.6) is 5.88 Å². The van der Waals surface area contributed by atoms with Gasteiger partial charge in [0.05, 0.1) is 20.3 Å². The number of pyridine rings is 1. The van der Waals surface area contributed by atoms with Gasteiger partial charge in [0.2, 0.25) is 11.8 Å². The van der Waals surface area contributed by atoms with E-state index in [2.05, 4.69) is 22.1 Å². The van der Waals surface area contributed by atoms with Gasteiger partial charge in [0, 0.05) is 25.4 Å². The lowest BCUT2D eigenvalue weighted by molar-refractivity contribution is -0.132. The first kappa shape index (κ1) is 14.7. The maximum atomic E-state index is 12.2. The molecule has 1 saturated heterocycles. The third-order valence-corrected chi connectivity index (χ3v) is 3.42. The van der Waals surface area contributed by atoms with E-state index in [9.17, 15) is 4.79 Å². The van der Waals surface area contributed by atoms with Crippen molar-refractivity contribution < 1.29 is 14.3 Å². The number of aromatic nitrogens is 1. The van der Waals surface area contributed by atoms with E-state index in [-0.39, 0.29) is 11.9 Å². The monoisotopic (exact) mass is 279 g/mol. The number of nitrogens with one attached hydrogen (secondary N) is 1. The minimum Gasteiger partial charge on any atom is -0.481 e. The number of methoxy groups -OCH3 is 1. The molecule has 0 bridgehead atoms. The van der Waals surface area contributed by atoms with Crippen molar-refractivity contribution in [3.8, 4) is 5.88 Å². The molecule has 0 spiro atoms. The summed E-state index contributed by atoms with van der Waals surface area (Å²) in [7, 11) is 1.57. The van der Waals surface area contributed by atoms with Gasteiger partial charge in [0.1, 0.15) is 6.04 Å². The number of hydrogen-bond donors (Lipinski definition) is 1. The predicted octanol–water partition coefficient (Wildman–Crippen LogP) is 0.427. The van der Waals surface area contributed by atoms with Crippen molar-refractivity contribution in [2.75, 3.05) is 33.4 Å². The Kier molecular flexibility index (Phi) is 5.31. The lowest BCUT2D eigenvalue weighted by Crippen LogP contribution is -2.53. The Morgan fingerprint density at radius 2 is 2.50 bits per heavy atom. The first-order chi connectivity index (χ1) is 9.74. The largest absolute Gasteiger partial charge is 0.481 e. The topological polar surface area (TPSA) is 63.7 Å². The molecule has 1 aliphatic rings. The molecule has 1 unspecified atom stereocenters. The molecule has 6 heteroatoms. The average molecular weight is 279 g/mol. The van der Waals surface area contributed by atoms with Crippen LogP contribution in [0.25, 0.3) is 0 Å². The second kappa shape index (κ2) is 7.21. The highest BCUT2D eigenvalue weighted by molar-refractivity contribution is 5.82. The zero-order chi connectivity index (χ0) is 14.4. The van der Waals surface area contributed by atoms with Crippen molar-refractivity contribution >= 4 is 5.91 Å². The highest BCUT2D eigenvalue weighted by atomic mass is 16.5. The van der Waals surface area contributed by atoms with Crippen LogP contribution in [-0.4, -0.2) is 55.2 Å². The second-order valence-electron chi connectivity index (χ2n) is 4.64. The van der Waals surface area contributed by atoms with Gasteiger partial charge in [-0.15, -0.1) is 0 Å². The Labute approximate surface area is 119 Å². The molecule has 0 radical (unpaired) electrons. The summed E-state index contributed by atoms with van der Waals surface area (Å²) in [4.78, 5) is 18.4. The third kappa shape index (κ3) is 3.68. The standard InChI is InChI=1S/C14H21N3O3/c1-3-17-6-7-20-10-12(17)14(18)16-9-11-4-5-15-13(8-11)19-2/h4-5,8,12H,3,6-7,9-10H2,1-2H3,(H,16,18). The number of hydrogen-bond acceptors (Lipinski definition) is 5. The molecule has 0 aromatic carbocycles. The van der Waals surface area contributed by atoms with Gasteiger partial charge in [0.25, 0.3) is 0 Å². The van der Waals surface area contributed by atoms with Gasteiger partial charge in [-0.05, 0) is 18.2 Å². The highest BCUT2D eigenvalue weighted by Gasteiger charge is 2.27. The maximum Gasteiger partial charge on any atom is 0.240 e. The van der Waals surface area contributed by atoms with Crippen molar-refractivity contribution in [1.82, 2.24) is 15.2 Å². The zero-order valence-corrected chi connectivity index (χ0v) is 12.0. The van der Waals surface area contributed by atoms with E-state index in [1.807, 2.05) is 12.1 Å². The number of nitrogens with zero attached hydrogens (tertiary/aromatic N) is 2. The van der Waals surface area contributed by atoms with Gasteiger partial charge in [-0.25, -0.2) is 4.98 Å². The minimum absolute atomic E-state index is 0.00216. The number of ether oxygens (including phenoxy) is 2. The normalized spacial score (nSPS) is 19.6. The van der Waals surface area contributed by atoms with Crippen molar-refractivity contribution in [2.24, 2.45) is 0 Å². The molecule has 1 aliphatic heterocycles. The Bertz CT molecular complexity index is 453. The predicted molar refractivity (Wildman–Crippen MR) is 74.5 cm³/mol. The van der Waals surface area contributed by atoms with Crippen LogP contribution < -0.4 is 10.1 Å². The summed E-state index contributed by atoms with van der Waals surface area (Å²) in [6.07, 6.45) is 1.67. The Morgan fingerprint density at radius 3 is 3.25 bits per heavy atom.